The first-order valence-corrected chi connectivity index (χ1v) is 6.33. The molecule has 2 N–H and O–H groups in total. The van der Waals surface area contributed by atoms with Crippen molar-refractivity contribution in [3.8, 4) is 0 Å². The zero-order valence-electron chi connectivity index (χ0n) is 10.2. The lowest BCUT2D eigenvalue weighted by Crippen LogP contribution is -2.40. The molecule has 0 amide bonds. The summed E-state index contributed by atoms with van der Waals surface area (Å²) in [6, 6.07) is 0.694. The zero-order chi connectivity index (χ0) is 11.4. The number of H-pyrrole nitrogens is 1. The monoisotopic (exact) mass is 222 g/mol. The molecule has 16 heavy (non-hydrogen) atoms. The van der Waals surface area contributed by atoms with E-state index in [1.54, 1.807) is 6.33 Å². The molecule has 0 bridgehead atoms. The average molecular weight is 222 g/mol. The minimum absolute atomic E-state index is 0.694. The fourth-order valence-electron chi connectivity index (χ4n) is 2.70. The Hall–Kier alpha value is -0.900. The fraction of sp³-hybridized carbons (Fsp3) is 0.833. The molecular formula is C12H22N4. The van der Waals surface area contributed by atoms with Crippen LogP contribution in [0, 0.1) is 11.8 Å². The molecule has 3 atom stereocenters. The van der Waals surface area contributed by atoms with Gasteiger partial charge in [-0.25, -0.2) is 4.98 Å². The van der Waals surface area contributed by atoms with E-state index in [1.807, 2.05) is 0 Å². The predicted molar refractivity (Wildman–Crippen MR) is 64.1 cm³/mol. The van der Waals surface area contributed by atoms with Crippen LogP contribution in [0.15, 0.2) is 6.33 Å². The van der Waals surface area contributed by atoms with Gasteiger partial charge in [0.05, 0.1) is 0 Å². The smallest absolute Gasteiger partial charge is 0.137 e. The van der Waals surface area contributed by atoms with Crippen LogP contribution in [0.1, 0.15) is 38.9 Å². The van der Waals surface area contributed by atoms with E-state index in [-0.39, 0.29) is 0 Å². The highest BCUT2D eigenvalue weighted by atomic mass is 15.2. The van der Waals surface area contributed by atoms with Crippen molar-refractivity contribution in [2.45, 2.75) is 45.6 Å². The van der Waals surface area contributed by atoms with Crippen LogP contribution in [-0.2, 0) is 6.42 Å². The third-order valence-corrected chi connectivity index (χ3v) is 3.66. The Morgan fingerprint density at radius 1 is 1.44 bits per heavy atom. The maximum absolute atomic E-state index is 4.12. The van der Waals surface area contributed by atoms with E-state index in [0.717, 1.165) is 30.6 Å². The van der Waals surface area contributed by atoms with E-state index in [1.165, 1.54) is 19.3 Å². The first-order chi connectivity index (χ1) is 7.75. The standard InChI is InChI=1S/C12H22N4/c1-9-3-4-11(10(2)7-9)13-6-5-12-14-8-15-16-12/h8-11,13H,3-7H2,1-2H3,(H,14,15,16). The van der Waals surface area contributed by atoms with Gasteiger partial charge in [-0.2, -0.15) is 5.10 Å². The van der Waals surface area contributed by atoms with Gasteiger partial charge in [-0.05, 0) is 31.1 Å². The van der Waals surface area contributed by atoms with Crippen LogP contribution in [0.4, 0.5) is 0 Å². The van der Waals surface area contributed by atoms with E-state index in [2.05, 4.69) is 34.3 Å². The number of aromatic amines is 1. The average Bonchev–Trinajstić information content (AvgIpc) is 2.74. The second-order valence-corrected chi connectivity index (χ2v) is 5.14. The molecule has 3 unspecified atom stereocenters. The molecule has 90 valence electrons. The second kappa shape index (κ2) is 5.43. The van der Waals surface area contributed by atoms with E-state index in [0.29, 0.717) is 6.04 Å². The molecule has 4 heteroatoms. The van der Waals surface area contributed by atoms with Crippen molar-refractivity contribution in [3.05, 3.63) is 12.2 Å². The van der Waals surface area contributed by atoms with Crippen molar-refractivity contribution in [3.63, 3.8) is 0 Å². The predicted octanol–water partition coefficient (Wildman–Crippen LogP) is 1.76. The van der Waals surface area contributed by atoms with Crippen LogP contribution < -0.4 is 5.32 Å². The molecule has 1 aromatic rings. The molecular weight excluding hydrogens is 200 g/mol. The van der Waals surface area contributed by atoms with Crippen molar-refractivity contribution in [2.75, 3.05) is 6.54 Å². The van der Waals surface area contributed by atoms with Gasteiger partial charge in [0.25, 0.3) is 0 Å². The molecule has 1 aromatic heterocycles. The second-order valence-electron chi connectivity index (χ2n) is 5.14. The Bertz CT molecular complexity index is 296. The molecule has 0 saturated heterocycles. The van der Waals surface area contributed by atoms with Gasteiger partial charge in [-0.3, -0.25) is 5.10 Å². The molecule has 1 heterocycles. The Balaban J connectivity index is 1.69. The summed E-state index contributed by atoms with van der Waals surface area (Å²) in [7, 11) is 0. The minimum Gasteiger partial charge on any atom is -0.313 e. The SMILES string of the molecule is CC1CCC(NCCc2ncn[nH]2)C(C)C1. The lowest BCUT2D eigenvalue weighted by Gasteiger charge is -2.33. The topological polar surface area (TPSA) is 53.6 Å². The first-order valence-electron chi connectivity index (χ1n) is 6.33. The number of hydrogen-bond donors (Lipinski definition) is 2. The lowest BCUT2D eigenvalue weighted by atomic mass is 9.80. The molecule has 1 fully saturated rings. The van der Waals surface area contributed by atoms with Crippen LogP contribution in [0.3, 0.4) is 0 Å². The molecule has 2 rings (SSSR count). The first kappa shape index (κ1) is 11.6. The van der Waals surface area contributed by atoms with Crippen molar-refractivity contribution < 1.29 is 0 Å². The summed E-state index contributed by atoms with van der Waals surface area (Å²) in [6.07, 6.45) is 6.56. The van der Waals surface area contributed by atoms with Gasteiger partial charge in [0.15, 0.2) is 0 Å². The van der Waals surface area contributed by atoms with Gasteiger partial charge in [0.1, 0.15) is 12.2 Å². The molecule has 4 nitrogen and oxygen atoms in total. The van der Waals surface area contributed by atoms with Crippen LogP contribution >= 0.6 is 0 Å². The molecule has 0 aliphatic heterocycles. The third kappa shape index (κ3) is 3.04. The maximum Gasteiger partial charge on any atom is 0.137 e. The number of nitrogens with one attached hydrogen (secondary N) is 2. The van der Waals surface area contributed by atoms with Gasteiger partial charge in [-0.15, -0.1) is 0 Å². The molecule has 1 aliphatic carbocycles. The minimum atomic E-state index is 0.694. The molecule has 0 aromatic carbocycles. The Labute approximate surface area is 97.2 Å². The molecule has 1 saturated carbocycles. The number of rotatable bonds is 4. The van der Waals surface area contributed by atoms with Crippen LogP contribution in [0.2, 0.25) is 0 Å². The quantitative estimate of drug-likeness (QED) is 0.816. The van der Waals surface area contributed by atoms with Crippen LogP contribution in [0.5, 0.6) is 0 Å². The van der Waals surface area contributed by atoms with Gasteiger partial charge in [-0.1, -0.05) is 13.8 Å². The summed E-state index contributed by atoms with van der Waals surface area (Å²) >= 11 is 0. The van der Waals surface area contributed by atoms with Gasteiger partial charge < -0.3 is 5.32 Å². The van der Waals surface area contributed by atoms with Crippen molar-refractivity contribution in [1.82, 2.24) is 20.5 Å². The zero-order valence-corrected chi connectivity index (χ0v) is 10.2. The van der Waals surface area contributed by atoms with Gasteiger partial charge in [0, 0.05) is 19.0 Å². The van der Waals surface area contributed by atoms with E-state index < -0.39 is 0 Å². The molecule has 0 spiro atoms. The molecule has 0 radical (unpaired) electrons. The summed E-state index contributed by atoms with van der Waals surface area (Å²) in [5, 5.41) is 10.4. The summed E-state index contributed by atoms with van der Waals surface area (Å²) in [5.74, 6) is 2.69. The Morgan fingerprint density at radius 2 is 2.31 bits per heavy atom. The lowest BCUT2D eigenvalue weighted by molar-refractivity contribution is 0.229. The molecule has 1 aliphatic rings. The Morgan fingerprint density at radius 3 is 3.00 bits per heavy atom. The van der Waals surface area contributed by atoms with Crippen LogP contribution in [0.25, 0.3) is 0 Å². The number of nitrogens with zero attached hydrogens (tertiary/aromatic N) is 2. The van der Waals surface area contributed by atoms with Gasteiger partial charge in [0.2, 0.25) is 0 Å². The van der Waals surface area contributed by atoms with Gasteiger partial charge >= 0.3 is 0 Å². The van der Waals surface area contributed by atoms with E-state index in [9.17, 15) is 0 Å². The highest BCUT2D eigenvalue weighted by molar-refractivity contribution is 4.84. The summed E-state index contributed by atoms with van der Waals surface area (Å²) in [4.78, 5) is 4.12. The van der Waals surface area contributed by atoms with E-state index >= 15 is 0 Å². The fourth-order valence-corrected chi connectivity index (χ4v) is 2.70. The Kier molecular flexibility index (Phi) is 3.93. The highest BCUT2D eigenvalue weighted by Gasteiger charge is 2.24. The van der Waals surface area contributed by atoms with Crippen molar-refractivity contribution in [1.29, 1.82) is 0 Å². The number of aromatic nitrogens is 3. The van der Waals surface area contributed by atoms with Crippen molar-refractivity contribution in [2.24, 2.45) is 11.8 Å². The number of hydrogen-bond acceptors (Lipinski definition) is 3. The normalized spacial score (nSPS) is 30.5. The summed E-state index contributed by atoms with van der Waals surface area (Å²) in [5.41, 5.74) is 0. The van der Waals surface area contributed by atoms with Crippen LogP contribution in [-0.4, -0.2) is 27.8 Å². The maximum atomic E-state index is 4.12. The van der Waals surface area contributed by atoms with Crippen molar-refractivity contribution >= 4 is 0 Å². The largest absolute Gasteiger partial charge is 0.313 e. The third-order valence-electron chi connectivity index (χ3n) is 3.66. The highest BCUT2D eigenvalue weighted by Crippen LogP contribution is 2.28. The summed E-state index contributed by atoms with van der Waals surface area (Å²) < 4.78 is 0. The summed E-state index contributed by atoms with van der Waals surface area (Å²) in [6.45, 7) is 5.72. The van der Waals surface area contributed by atoms with E-state index in [4.69, 9.17) is 0 Å².